The van der Waals surface area contributed by atoms with Gasteiger partial charge in [-0.2, -0.15) is 26.3 Å². The third-order valence-electron chi connectivity index (χ3n) is 5.83. The van der Waals surface area contributed by atoms with E-state index in [2.05, 4.69) is 5.32 Å². The molecule has 0 aliphatic carbocycles. The number of fused-ring (bicyclic) bond motifs is 1. The Kier molecular flexibility index (Phi) is 9.53. The van der Waals surface area contributed by atoms with E-state index in [1.165, 1.54) is 29.5 Å². The highest BCUT2D eigenvalue weighted by molar-refractivity contribution is 7.98. The molecular formula is C22H23Cl2F6NO2S2. The van der Waals surface area contributed by atoms with E-state index in [0.29, 0.717) is 16.3 Å². The van der Waals surface area contributed by atoms with E-state index < -0.39 is 38.3 Å². The molecule has 1 heterocycles. The zero-order chi connectivity index (χ0) is 25.4. The smallest absolute Gasteiger partial charge is 0.316 e. The fourth-order valence-electron chi connectivity index (χ4n) is 3.60. The lowest BCUT2D eigenvalue weighted by Gasteiger charge is -2.33. The molecule has 0 radical (unpaired) electrons. The Morgan fingerprint density at radius 2 is 1.51 bits per heavy atom. The van der Waals surface area contributed by atoms with Crippen molar-refractivity contribution in [3.05, 3.63) is 58.1 Å². The lowest BCUT2D eigenvalue weighted by atomic mass is 9.92. The Bertz CT molecular complexity index is 1120. The number of hydrogen-bond donors (Lipinski definition) is 1. The Labute approximate surface area is 215 Å². The largest absolute Gasteiger partial charge is 0.403 e. The Balaban J connectivity index is 0.00000432. The topological polar surface area (TPSA) is 46.2 Å². The van der Waals surface area contributed by atoms with Crippen LogP contribution in [0.3, 0.4) is 0 Å². The predicted octanol–water partition coefficient (Wildman–Crippen LogP) is 6.65. The van der Waals surface area contributed by atoms with E-state index in [1.807, 2.05) is 12.1 Å². The van der Waals surface area contributed by atoms with E-state index >= 15 is 0 Å². The highest BCUT2D eigenvalue weighted by Crippen LogP contribution is 2.51. The van der Waals surface area contributed by atoms with Crippen molar-refractivity contribution >= 4 is 45.6 Å². The van der Waals surface area contributed by atoms with Gasteiger partial charge in [0.1, 0.15) is 0 Å². The molecule has 0 saturated heterocycles. The number of rotatable bonds is 6. The minimum Gasteiger partial charge on any atom is -0.316 e. The van der Waals surface area contributed by atoms with Crippen LogP contribution >= 0.6 is 35.8 Å². The van der Waals surface area contributed by atoms with Crippen LogP contribution in [0.1, 0.15) is 23.6 Å². The van der Waals surface area contributed by atoms with Gasteiger partial charge in [0.05, 0.1) is 15.7 Å². The van der Waals surface area contributed by atoms with Crippen molar-refractivity contribution in [1.29, 1.82) is 0 Å². The van der Waals surface area contributed by atoms with Crippen LogP contribution in [0.4, 0.5) is 26.3 Å². The first-order valence-corrected chi connectivity index (χ1v) is 13.3. The number of alkyl halides is 6. The van der Waals surface area contributed by atoms with Crippen molar-refractivity contribution in [3.63, 3.8) is 0 Å². The normalized spacial score (nSPS) is 15.2. The van der Waals surface area contributed by atoms with Crippen LogP contribution in [0.2, 0.25) is 5.02 Å². The molecule has 0 atom stereocenters. The van der Waals surface area contributed by atoms with Crippen LogP contribution in [-0.2, 0) is 28.4 Å². The second-order valence-corrected chi connectivity index (χ2v) is 11.7. The molecular weight excluding hydrogens is 559 g/mol. The molecule has 0 saturated carbocycles. The fourth-order valence-corrected chi connectivity index (χ4v) is 6.86. The first-order valence-electron chi connectivity index (χ1n) is 10.2. The predicted molar refractivity (Wildman–Crippen MR) is 127 cm³/mol. The number of halogens is 8. The molecule has 1 aliphatic heterocycles. The second-order valence-electron chi connectivity index (χ2n) is 8.28. The lowest BCUT2D eigenvalue weighted by Crippen LogP contribution is -2.52. The van der Waals surface area contributed by atoms with Gasteiger partial charge in [0.25, 0.3) is 0 Å². The number of sulfone groups is 1. The van der Waals surface area contributed by atoms with Crippen molar-refractivity contribution in [1.82, 2.24) is 5.32 Å². The molecule has 0 amide bonds. The highest BCUT2D eigenvalue weighted by atomic mass is 35.5. The Hall–Kier alpha value is -1.14. The highest BCUT2D eigenvalue weighted by Gasteiger charge is 2.69. The van der Waals surface area contributed by atoms with E-state index in [4.69, 9.17) is 11.6 Å². The molecule has 1 aliphatic rings. The van der Waals surface area contributed by atoms with E-state index in [0.717, 1.165) is 48.5 Å². The summed E-state index contributed by atoms with van der Waals surface area (Å²) in [5.41, 5.74) is -1.40. The monoisotopic (exact) mass is 581 g/mol. The van der Waals surface area contributed by atoms with Crippen LogP contribution < -0.4 is 5.32 Å². The molecule has 2 aromatic carbocycles. The summed E-state index contributed by atoms with van der Waals surface area (Å²) in [6, 6.07) is 8.65. The fraction of sp³-hybridized carbons (Fsp3) is 0.455. The first kappa shape index (κ1) is 30.1. The second kappa shape index (κ2) is 11.1. The molecule has 35 heavy (non-hydrogen) atoms. The molecule has 0 fully saturated rings. The van der Waals surface area contributed by atoms with Gasteiger partial charge in [0.15, 0.2) is 15.3 Å². The van der Waals surface area contributed by atoms with Crippen LogP contribution in [-0.4, -0.2) is 39.6 Å². The molecule has 0 aromatic heterocycles. The minimum atomic E-state index is -5.78. The Morgan fingerprint density at radius 3 is 2.09 bits per heavy atom. The summed E-state index contributed by atoms with van der Waals surface area (Å²) in [5, 5.41) is 3.91. The molecule has 3 rings (SSSR count). The summed E-state index contributed by atoms with van der Waals surface area (Å²) >= 11 is 7.84. The van der Waals surface area contributed by atoms with Gasteiger partial charge >= 0.3 is 12.4 Å². The van der Waals surface area contributed by atoms with Gasteiger partial charge in [-0.3, -0.25) is 0 Å². The van der Waals surface area contributed by atoms with Crippen LogP contribution in [0, 0.1) is 5.41 Å². The van der Waals surface area contributed by atoms with Crippen molar-refractivity contribution in [3.8, 4) is 0 Å². The molecule has 1 N–H and O–H groups in total. The maximum absolute atomic E-state index is 13.1. The van der Waals surface area contributed by atoms with E-state index in [1.54, 1.807) is 0 Å². The van der Waals surface area contributed by atoms with Crippen molar-refractivity contribution in [2.75, 3.05) is 18.8 Å². The molecule has 0 bridgehead atoms. The van der Waals surface area contributed by atoms with Gasteiger partial charge in [0.2, 0.25) is 0 Å². The third kappa shape index (κ3) is 6.60. The third-order valence-corrected chi connectivity index (χ3v) is 9.44. The molecule has 13 heteroatoms. The van der Waals surface area contributed by atoms with Gasteiger partial charge < -0.3 is 5.32 Å². The lowest BCUT2D eigenvalue weighted by molar-refractivity contribution is -0.325. The maximum atomic E-state index is 13.1. The Morgan fingerprint density at radius 1 is 0.943 bits per heavy atom. The summed E-state index contributed by atoms with van der Waals surface area (Å²) in [4.78, 5) is 0.310. The van der Waals surface area contributed by atoms with Gasteiger partial charge in [-0.1, -0.05) is 29.8 Å². The average Bonchev–Trinajstić information content (AvgIpc) is 2.97. The molecule has 2 aromatic rings. The maximum Gasteiger partial charge on any atom is 0.403 e. The molecule has 196 valence electrons. The van der Waals surface area contributed by atoms with Gasteiger partial charge in [0, 0.05) is 10.6 Å². The van der Waals surface area contributed by atoms with Crippen LogP contribution in [0.25, 0.3) is 0 Å². The zero-order valence-electron chi connectivity index (χ0n) is 18.4. The number of nitrogens with one attached hydrogen (secondary N) is 1. The zero-order valence-corrected chi connectivity index (χ0v) is 21.6. The quantitative estimate of drug-likeness (QED) is 0.306. The van der Waals surface area contributed by atoms with E-state index in [9.17, 15) is 34.8 Å². The number of thioether (sulfide) groups is 1. The first-order chi connectivity index (χ1) is 15.7. The summed E-state index contributed by atoms with van der Waals surface area (Å²) in [7, 11) is -4.87. The summed E-state index contributed by atoms with van der Waals surface area (Å²) in [6.07, 6.45) is -9.90. The number of hydrogen-bond acceptors (Lipinski definition) is 4. The van der Waals surface area contributed by atoms with Gasteiger partial charge in [-0.15, -0.1) is 24.2 Å². The summed E-state index contributed by atoms with van der Waals surface area (Å²) in [5.74, 6) is -1.73. The molecule has 0 spiro atoms. The van der Waals surface area contributed by atoms with E-state index in [-0.39, 0.29) is 19.3 Å². The van der Waals surface area contributed by atoms with Crippen LogP contribution in [0.15, 0.2) is 46.2 Å². The average molecular weight is 582 g/mol. The number of benzene rings is 2. The SMILES string of the molecule is CC(CS(=O)(=O)c1ccc(CSc2c(Cl)ccc3c2CCNCC3)cc1)(C(F)(F)F)C(F)(F)F.Cl. The molecule has 3 nitrogen and oxygen atoms in total. The standard InChI is InChI=1S/C22H22ClF6NO2S2.ClH/c1-20(21(24,25)26,22(27,28)29)13-34(31,32)16-5-2-14(3-6-16)12-33-19-17-9-11-30-10-8-15(17)4-7-18(19)23;/h2-7,30H,8-13H2,1H3;1H. The van der Waals surface area contributed by atoms with Crippen molar-refractivity contribution < 1.29 is 34.8 Å². The van der Waals surface area contributed by atoms with Crippen LogP contribution in [0.5, 0.6) is 0 Å². The van der Waals surface area contributed by atoms with Gasteiger partial charge in [-0.05, 0) is 67.7 Å². The van der Waals surface area contributed by atoms with Gasteiger partial charge in [-0.25, -0.2) is 8.42 Å². The summed E-state index contributed by atoms with van der Waals surface area (Å²) in [6.45, 7) is 1.52. The minimum absolute atomic E-state index is 0. The van der Waals surface area contributed by atoms with Crippen molar-refractivity contribution in [2.24, 2.45) is 5.41 Å². The molecule has 0 unspecified atom stereocenters. The summed E-state index contributed by atoms with van der Waals surface area (Å²) < 4.78 is 104. The van der Waals surface area contributed by atoms with Crippen molar-refractivity contribution in [2.45, 2.75) is 47.7 Å².